The van der Waals surface area contributed by atoms with E-state index in [-0.39, 0.29) is 5.54 Å². The Labute approximate surface area is 124 Å². The van der Waals surface area contributed by atoms with Gasteiger partial charge in [0.2, 0.25) is 0 Å². The third kappa shape index (κ3) is 3.83. The molecule has 1 aliphatic rings. The Kier molecular flexibility index (Phi) is 4.55. The molecule has 0 amide bonds. The maximum absolute atomic E-state index is 6.55. The zero-order chi connectivity index (χ0) is 14.8. The van der Waals surface area contributed by atoms with E-state index in [2.05, 4.69) is 62.9 Å². The number of likely N-dealkylation sites (tertiary alicyclic amines) is 1. The highest BCUT2D eigenvalue weighted by molar-refractivity contribution is 5.23. The first kappa shape index (κ1) is 15.5. The lowest BCUT2D eigenvalue weighted by molar-refractivity contribution is 0.0973. The van der Waals surface area contributed by atoms with Crippen LogP contribution in [0.4, 0.5) is 0 Å². The number of hydrogen-bond acceptors (Lipinski definition) is 2. The molecule has 2 rings (SSSR count). The minimum atomic E-state index is -0.254. The molecule has 2 N–H and O–H groups in total. The second kappa shape index (κ2) is 5.87. The number of nitrogens with two attached hydrogens (primary N) is 1. The summed E-state index contributed by atoms with van der Waals surface area (Å²) >= 11 is 0. The van der Waals surface area contributed by atoms with Crippen molar-refractivity contribution in [2.75, 3.05) is 19.6 Å². The second-order valence-corrected chi connectivity index (χ2v) is 7.70. The van der Waals surface area contributed by atoms with Gasteiger partial charge in [0.05, 0.1) is 5.54 Å². The van der Waals surface area contributed by atoms with Crippen LogP contribution in [-0.4, -0.2) is 24.5 Å². The number of piperidine rings is 1. The molecular weight excluding hydrogens is 244 g/mol. The Bertz CT molecular complexity index is 409. The lowest BCUT2D eigenvalue weighted by atomic mass is 9.75. The van der Waals surface area contributed by atoms with Gasteiger partial charge in [-0.05, 0) is 49.8 Å². The monoisotopic (exact) mass is 274 g/mol. The van der Waals surface area contributed by atoms with Crippen molar-refractivity contribution < 1.29 is 0 Å². The normalized spacial score (nSPS) is 21.6. The van der Waals surface area contributed by atoms with Crippen molar-refractivity contribution in [3.8, 4) is 0 Å². The quantitative estimate of drug-likeness (QED) is 0.912. The van der Waals surface area contributed by atoms with Crippen LogP contribution in [0.25, 0.3) is 0 Å². The molecule has 0 aliphatic carbocycles. The van der Waals surface area contributed by atoms with E-state index >= 15 is 0 Å². The van der Waals surface area contributed by atoms with Gasteiger partial charge in [-0.15, -0.1) is 0 Å². The molecular formula is C18H30N2. The SMILES string of the molecule is CC(N)(CN1CCC(C(C)(C)C)CC1)c1ccccc1. The fourth-order valence-corrected chi connectivity index (χ4v) is 3.33. The van der Waals surface area contributed by atoms with Crippen LogP contribution in [0.15, 0.2) is 30.3 Å². The summed E-state index contributed by atoms with van der Waals surface area (Å²) < 4.78 is 0. The minimum absolute atomic E-state index is 0.254. The van der Waals surface area contributed by atoms with Gasteiger partial charge in [0.15, 0.2) is 0 Å². The molecule has 0 bridgehead atoms. The van der Waals surface area contributed by atoms with E-state index in [1.165, 1.54) is 31.5 Å². The molecule has 1 saturated heterocycles. The zero-order valence-corrected chi connectivity index (χ0v) is 13.5. The predicted octanol–water partition coefficient (Wildman–Crippen LogP) is 3.62. The summed E-state index contributed by atoms with van der Waals surface area (Å²) in [7, 11) is 0. The highest BCUT2D eigenvalue weighted by atomic mass is 15.1. The van der Waals surface area contributed by atoms with Gasteiger partial charge >= 0.3 is 0 Å². The number of hydrogen-bond donors (Lipinski definition) is 1. The lowest BCUT2D eigenvalue weighted by Gasteiger charge is -2.41. The Morgan fingerprint density at radius 1 is 1.05 bits per heavy atom. The van der Waals surface area contributed by atoms with Crippen molar-refractivity contribution in [1.82, 2.24) is 4.90 Å². The number of benzene rings is 1. The van der Waals surface area contributed by atoms with Crippen molar-refractivity contribution >= 4 is 0 Å². The van der Waals surface area contributed by atoms with Crippen LogP contribution < -0.4 is 5.73 Å². The molecule has 1 heterocycles. The van der Waals surface area contributed by atoms with E-state index in [0.29, 0.717) is 5.41 Å². The van der Waals surface area contributed by atoms with Crippen LogP contribution >= 0.6 is 0 Å². The average molecular weight is 274 g/mol. The molecule has 0 saturated carbocycles. The van der Waals surface area contributed by atoms with Crippen LogP contribution in [0, 0.1) is 11.3 Å². The Morgan fingerprint density at radius 2 is 1.60 bits per heavy atom. The van der Waals surface area contributed by atoms with Gasteiger partial charge in [0.1, 0.15) is 0 Å². The summed E-state index contributed by atoms with van der Waals surface area (Å²) in [5.41, 5.74) is 7.97. The first-order chi connectivity index (χ1) is 9.29. The average Bonchev–Trinajstić information content (AvgIpc) is 2.39. The molecule has 1 fully saturated rings. The standard InChI is InChI=1S/C18H30N2/c1-17(2,3)15-10-12-20(13-11-15)14-18(4,19)16-8-6-5-7-9-16/h5-9,15H,10-14,19H2,1-4H3. The van der Waals surface area contributed by atoms with Gasteiger partial charge in [-0.25, -0.2) is 0 Å². The molecule has 1 atom stereocenters. The van der Waals surface area contributed by atoms with Crippen LogP contribution in [0.2, 0.25) is 0 Å². The zero-order valence-electron chi connectivity index (χ0n) is 13.5. The highest BCUT2D eigenvalue weighted by Gasteiger charge is 2.31. The van der Waals surface area contributed by atoms with Crippen molar-refractivity contribution in [3.05, 3.63) is 35.9 Å². The molecule has 1 aromatic rings. The molecule has 0 radical (unpaired) electrons. The fraction of sp³-hybridized carbons (Fsp3) is 0.667. The number of nitrogens with zero attached hydrogens (tertiary/aromatic N) is 1. The molecule has 2 nitrogen and oxygen atoms in total. The van der Waals surface area contributed by atoms with E-state index in [9.17, 15) is 0 Å². The number of rotatable bonds is 3. The van der Waals surface area contributed by atoms with Crippen molar-refractivity contribution in [3.63, 3.8) is 0 Å². The molecule has 0 spiro atoms. The largest absolute Gasteiger partial charge is 0.321 e. The first-order valence-electron chi connectivity index (χ1n) is 7.86. The van der Waals surface area contributed by atoms with Gasteiger partial charge in [-0.2, -0.15) is 0 Å². The smallest absolute Gasteiger partial charge is 0.0509 e. The summed E-state index contributed by atoms with van der Waals surface area (Å²) in [4.78, 5) is 2.54. The van der Waals surface area contributed by atoms with Gasteiger partial charge in [0, 0.05) is 6.54 Å². The maximum atomic E-state index is 6.55. The van der Waals surface area contributed by atoms with Crippen molar-refractivity contribution in [2.24, 2.45) is 17.1 Å². The second-order valence-electron chi connectivity index (χ2n) is 7.70. The van der Waals surface area contributed by atoms with E-state index in [4.69, 9.17) is 5.73 Å². The third-order valence-corrected chi connectivity index (χ3v) is 4.80. The van der Waals surface area contributed by atoms with Gasteiger partial charge in [-0.3, -0.25) is 0 Å². The predicted molar refractivity (Wildman–Crippen MR) is 86.6 cm³/mol. The van der Waals surface area contributed by atoms with Gasteiger partial charge in [-0.1, -0.05) is 51.1 Å². The van der Waals surface area contributed by atoms with Gasteiger partial charge < -0.3 is 10.6 Å². The molecule has 1 unspecified atom stereocenters. The first-order valence-corrected chi connectivity index (χ1v) is 7.86. The summed E-state index contributed by atoms with van der Waals surface area (Å²) in [6.07, 6.45) is 2.60. The summed E-state index contributed by atoms with van der Waals surface area (Å²) in [5.74, 6) is 0.847. The van der Waals surface area contributed by atoms with E-state index in [0.717, 1.165) is 12.5 Å². The Hall–Kier alpha value is -0.860. The molecule has 20 heavy (non-hydrogen) atoms. The topological polar surface area (TPSA) is 29.3 Å². The molecule has 0 aromatic heterocycles. The summed E-state index contributed by atoms with van der Waals surface area (Å²) in [6, 6.07) is 10.5. The van der Waals surface area contributed by atoms with Crippen LogP contribution in [-0.2, 0) is 5.54 Å². The summed E-state index contributed by atoms with van der Waals surface area (Å²) in [5, 5.41) is 0. The van der Waals surface area contributed by atoms with E-state index in [1.54, 1.807) is 0 Å². The van der Waals surface area contributed by atoms with Crippen molar-refractivity contribution in [1.29, 1.82) is 0 Å². The molecule has 1 aromatic carbocycles. The lowest BCUT2D eigenvalue weighted by Crippen LogP contribution is -2.48. The van der Waals surface area contributed by atoms with E-state index < -0.39 is 0 Å². The Morgan fingerprint density at radius 3 is 2.10 bits per heavy atom. The Balaban J connectivity index is 1.92. The highest BCUT2D eigenvalue weighted by Crippen LogP contribution is 2.34. The molecule has 1 aliphatic heterocycles. The molecule has 2 heteroatoms. The van der Waals surface area contributed by atoms with Gasteiger partial charge in [0.25, 0.3) is 0 Å². The summed E-state index contributed by atoms with van der Waals surface area (Å²) in [6.45, 7) is 12.6. The van der Waals surface area contributed by atoms with Crippen molar-refractivity contribution in [2.45, 2.75) is 46.1 Å². The third-order valence-electron chi connectivity index (χ3n) is 4.80. The van der Waals surface area contributed by atoms with E-state index in [1.807, 2.05) is 0 Å². The maximum Gasteiger partial charge on any atom is 0.0509 e. The molecule has 112 valence electrons. The fourth-order valence-electron chi connectivity index (χ4n) is 3.33. The van der Waals surface area contributed by atoms with Crippen LogP contribution in [0.5, 0.6) is 0 Å². The van der Waals surface area contributed by atoms with Crippen LogP contribution in [0.3, 0.4) is 0 Å². The minimum Gasteiger partial charge on any atom is -0.321 e. The van der Waals surface area contributed by atoms with Crippen LogP contribution in [0.1, 0.15) is 46.1 Å².